The van der Waals surface area contributed by atoms with Gasteiger partial charge in [0.15, 0.2) is 5.78 Å². The van der Waals surface area contributed by atoms with Gasteiger partial charge in [0.05, 0.1) is 10.8 Å². The molecule has 1 aromatic heterocycles. The Labute approximate surface area is 128 Å². The molecule has 114 valence electrons. The molecule has 2 amide bonds. The van der Waals surface area contributed by atoms with E-state index in [1.54, 1.807) is 11.0 Å². The summed E-state index contributed by atoms with van der Waals surface area (Å²) in [6, 6.07) is 3.71. The largest absolute Gasteiger partial charge is 0.369 e. The molecule has 0 bridgehead atoms. The van der Waals surface area contributed by atoms with E-state index in [2.05, 4.69) is 0 Å². The SMILES string of the molecule is Cc1ccc(C(=O)CCC(=O)N2CCCC(C(N)=O)C2)s1. The molecule has 2 N–H and O–H groups in total. The number of hydrogen-bond acceptors (Lipinski definition) is 4. The van der Waals surface area contributed by atoms with Gasteiger partial charge >= 0.3 is 0 Å². The van der Waals surface area contributed by atoms with Crippen LogP contribution in [0.25, 0.3) is 0 Å². The first-order valence-electron chi connectivity index (χ1n) is 7.14. The first kappa shape index (κ1) is 15.7. The topological polar surface area (TPSA) is 80.5 Å². The molecule has 0 saturated carbocycles. The van der Waals surface area contributed by atoms with Crippen LogP contribution in [-0.2, 0) is 9.59 Å². The molecular formula is C15H20N2O3S. The van der Waals surface area contributed by atoms with E-state index < -0.39 is 0 Å². The van der Waals surface area contributed by atoms with Gasteiger partial charge in [0.1, 0.15) is 0 Å². The molecular weight excluding hydrogens is 288 g/mol. The van der Waals surface area contributed by atoms with Gasteiger partial charge in [-0.05, 0) is 31.9 Å². The maximum absolute atomic E-state index is 12.1. The van der Waals surface area contributed by atoms with E-state index in [1.807, 2.05) is 13.0 Å². The lowest BCUT2D eigenvalue weighted by Gasteiger charge is -2.31. The van der Waals surface area contributed by atoms with Gasteiger partial charge < -0.3 is 10.6 Å². The second kappa shape index (κ2) is 6.85. The number of primary amides is 1. The maximum Gasteiger partial charge on any atom is 0.223 e. The number of nitrogens with two attached hydrogens (primary N) is 1. The fourth-order valence-corrected chi connectivity index (χ4v) is 3.36. The first-order chi connectivity index (χ1) is 9.97. The van der Waals surface area contributed by atoms with Crippen molar-refractivity contribution in [3.8, 4) is 0 Å². The summed E-state index contributed by atoms with van der Waals surface area (Å²) in [7, 11) is 0. The third-order valence-electron chi connectivity index (χ3n) is 3.76. The molecule has 0 aromatic carbocycles. The van der Waals surface area contributed by atoms with E-state index in [-0.39, 0.29) is 36.4 Å². The number of carbonyl (C=O) groups is 3. The Morgan fingerprint density at radius 3 is 2.71 bits per heavy atom. The Morgan fingerprint density at radius 1 is 1.33 bits per heavy atom. The second-order valence-corrected chi connectivity index (χ2v) is 6.70. The van der Waals surface area contributed by atoms with Gasteiger partial charge in [0, 0.05) is 30.8 Å². The number of aryl methyl sites for hydroxylation is 1. The summed E-state index contributed by atoms with van der Waals surface area (Å²) in [5.41, 5.74) is 5.30. The average Bonchev–Trinajstić information content (AvgIpc) is 2.91. The molecule has 1 aliphatic rings. The lowest BCUT2D eigenvalue weighted by Crippen LogP contribution is -2.44. The number of piperidine rings is 1. The number of thiophene rings is 1. The van der Waals surface area contributed by atoms with Crippen molar-refractivity contribution in [1.82, 2.24) is 4.90 Å². The fourth-order valence-electron chi connectivity index (χ4n) is 2.52. The monoisotopic (exact) mass is 308 g/mol. The van der Waals surface area contributed by atoms with Crippen LogP contribution >= 0.6 is 11.3 Å². The van der Waals surface area contributed by atoms with Crippen molar-refractivity contribution in [2.45, 2.75) is 32.6 Å². The van der Waals surface area contributed by atoms with Gasteiger partial charge in [-0.3, -0.25) is 14.4 Å². The molecule has 1 atom stereocenters. The van der Waals surface area contributed by atoms with Crippen molar-refractivity contribution in [3.63, 3.8) is 0 Å². The molecule has 0 spiro atoms. The van der Waals surface area contributed by atoms with Crippen molar-refractivity contribution in [3.05, 3.63) is 21.9 Å². The Morgan fingerprint density at radius 2 is 2.10 bits per heavy atom. The number of hydrogen-bond donors (Lipinski definition) is 1. The summed E-state index contributed by atoms with van der Waals surface area (Å²) in [6.45, 7) is 2.99. The highest BCUT2D eigenvalue weighted by Gasteiger charge is 2.27. The molecule has 1 aromatic rings. The highest BCUT2D eigenvalue weighted by atomic mass is 32.1. The third-order valence-corrected chi connectivity index (χ3v) is 4.80. The molecule has 2 heterocycles. The van der Waals surface area contributed by atoms with E-state index >= 15 is 0 Å². The van der Waals surface area contributed by atoms with Gasteiger partial charge in [0.2, 0.25) is 11.8 Å². The third kappa shape index (κ3) is 4.14. The van der Waals surface area contributed by atoms with Crippen LogP contribution in [0.1, 0.15) is 40.2 Å². The van der Waals surface area contributed by atoms with Crippen LogP contribution in [0.4, 0.5) is 0 Å². The van der Waals surface area contributed by atoms with E-state index in [9.17, 15) is 14.4 Å². The van der Waals surface area contributed by atoms with Crippen LogP contribution in [0, 0.1) is 12.8 Å². The van der Waals surface area contributed by atoms with Crippen molar-refractivity contribution in [2.24, 2.45) is 11.7 Å². The highest BCUT2D eigenvalue weighted by molar-refractivity contribution is 7.14. The summed E-state index contributed by atoms with van der Waals surface area (Å²) < 4.78 is 0. The zero-order valence-corrected chi connectivity index (χ0v) is 12.9. The maximum atomic E-state index is 12.1. The van der Waals surface area contributed by atoms with Crippen LogP contribution in [0.15, 0.2) is 12.1 Å². The molecule has 0 radical (unpaired) electrons. The number of carbonyl (C=O) groups excluding carboxylic acids is 3. The van der Waals surface area contributed by atoms with Gasteiger partial charge in [-0.1, -0.05) is 0 Å². The summed E-state index contributed by atoms with van der Waals surface area (Å²) in [4.78, 5) is 38.8. The molecule has 5 nitrogen and oxygen atoms in total. The lowest BCUT2D eigenvalue weighted by molar-refractivity contribution is -0.134. The fraction of sp³-hybridized carbons (Fsp3) is 0.533. The molecule has 1 aliphatic heterocycles. The molecule has 1 saturated heterocycles. The van der Waals surface area contributed by atoms with Crippen LogP contribution in [-0.4, -0.2) is 35.6 Å². The van der Waals surface area contributed by atoms with Gasteiger partial charge in [-0.2, -0.15) is 0 Å². The lowest BCUT2D eigenvalue weighted by atomic mass is 9.97. The number of likely N-dealkylation sites (tertiary alicyclic amines) is 1. The highest BCUT2D eigenvalue weighted by Crippen LogP contribution is 2.20. The minimum atomic E-state index is -0.349. The smallest absolute Gasteiger partial charge is 0.223 e. The van der Waals surface area contributed by atoms with E-state index in [0.29, 0.717) is 18.0 Å². The van der Waals surface area contributed by atoms with Gasteiger partial charge in [-0.15, -0.1) is 11.3 Å². The predicted molar refractivity (Wildman–Crippen MR) is 81.1 cm³/mol. The summed E-state index contributed by atoms with van der Waals surface area (Å²) >= 11 is 1.45. The minimum Gasteiger partial charge on any atom is -0.369 e. The first-order valence-corrected chi connectivity index (χ1v) is 7.95. The second-order valence-electron chi connectivity index (χ2n) is 5.41. The summed E-state index contributed by atoms with van der Waals surface area (Å²) in [5, 5.41) is 0. The van der Waals surface area contributed by atoms with Crippen molar-refractivity contribution >= 4 is 28.9 Å². The summed E-state index contributed by atoms with van der Waals surface area (Å²) in [5.74, 6) is -0.663. The van der Waals surface area contributed by atoms with E-state index in [4.69, 9.17) is 5.73 Å². The van der Waals surface area contributed by atoms with Gasteiger partial charge in [-0.25, -0.2) is 0 Å². The molecule has 0 aliphatic carbocycles. The molecule has 21 heavy (non-hydrogen) atoms. The zero-order valence-electron chi connectivity index (χ0n) is 12.1. The van der Waals surface area contributed by atoms with Crippen LogP contribution in [0.2, 0.25) is 0 Å². The zero-order chi connectivity index (χ0) is 15.4. The Kier molecular flexibility index (Phi) is 5.12. The van der Waals surface area contributed by atoms with Crippen molar-refractivity contribution in [1.29, 1.82) is 0 Å². The van der Waals surface area contributed by atoms with Crippen LogP contribution in [0.3, 0.4) is 0 Å². The predicted octanol–water partition coefficient (Wildman–Crippen LogP) is 1.74. The molecule has 6 heteroatoms. The molecule has 1 unspecified atom stereocenters. The van der Waals surface area contributed by atoms with Crippen LogP contribution < -0.4 is 5.73 Å². The summed E-state index contributed by atoms with van der Waals surface area (Å²) in [6.07, 6.45) is 1.95. The van der Waals surface area contributed by atoms with Crippen molar-refractivity contribution in [2.75, 3.05) is 13.1 Å². The van der Waals surface area contributed by atoms with E-state index in [0.717, 1.165) is 17.7 Å². The minimum absolute atomic E-state index is 0.00455. The quantitative estimate of drug-likeness (QED) is 0.841. The number of amides is 2. The molecule has 2 rings (SSSR count). The number of ketones is 1. The Bertz CT molecular complexity index is 553. The number of rotatable bonds is 5. The van der Waals surface area contributed by atoms with Crippen molar-refractivity contribution < 1.29 is 14.4 Å². The van der Waals surface area contributed by atoms with Crippen LogP contribution in [0.5, 0.6) is 0 Å². The van der Waals surface area contributed by atoms with Gasteiger partial charge in [0.25, 0.3) is 0 Å². The number of Topliss-reactive ketones (excluding diaryl/α,β-unsaturated/α-hetero) is 1. The van der Waals surface area contributed by atoms with E-state index in [1.165, 1.54) is 11.3 Å². The standard InChI is InChI=1S/C15H20N2O3S/c1-10-4-6-13(21-10)12(18)5-7-14(19)17-8-2-3-11(9-17)15(16)20/h4,6,11H,2-3,5,7-9H2,1H3,(H2,16,20). The normalized spacial score (nSPS) is 18.5. The number of nitrogens with zero attached hydrogens (tertiary/aromatic N) is 1. The Hall–Kier alpha value is -1.69. The average molecular weight is 308 g/mol. The Balaban J connectivity index is 1.84. The molecule has 1 fully saturated rings.